The molecule has 2 fully saturated rings. The quantitative estimate of drug-likeness (QED) is 0.712. The molecule has 5 heteroatoms. The second-order valence-corrected chi connectivity index (χ2v) is 6.86. The minimum absolute atomic E-state index is 0.0145. The summed E-state index contributed by atoms with van der Waals surface area (Å²) in [6.07, 6.45) is 6.20. The summed E-state index contributed by atoms with van der Waals surface area (Å²) >= 11 is 0. The summed E-state index contributed by atoms with van der Waals surface area (Å²) in [5.74, 6) is 0.714. The van der Waals surface area contributed by atoms with E-state index in [0.717, 1.165) is 31.6 Å². The SMILES string of the molecule is CCC1CCC(O)(CNC(=O)C2(CN)CCOCC2)CC1. The van der Waals surface area contributed by atoms with Crippen LogP contribution in [0.4, 0.5) is 0 Å². The highest BCUT2D eigenvalue weighted by Crippen LogP contribution is 2.34. The van der Waals surface area contributed by atoms with Gasteiger partial charge in [0, 0.05) is 26.3 Å². The molecule has 5 nitrogen and oxygen atoms in total. The van der Waals surface area contributed by atoms with Crippen molar-refractivity contribution in [2.24, 2.45) is 17.1 Å². The van der Waals surface area contributed by atoms with Gasteiger partial charge in [-0.2, -0.15) is 0 Å². The van der Waals surface area contributed by atoms with Gasteiger partial charge < -0.3 is 20.9 Å². The highest BCUT2D eigenvalue weighted by Gasteiger charge is 2.40. The molecule has 1 aliphatic heterocycles. The first-order chi connectivity index (χ1) is 10.0. The standard InChI is InChI=1S/C16H30N2O3/c1-2-13-3-5-16(20,6-4-13)12-18-14(19)15(11-17)7-9-21-10-8-15/h13,20H,2-12,17H2,1H3,(H,18,19). The van der Waals surface area contributed by atoms with Gasteiger partial charge in [-0.25, -0.2) is 0 Å². The zero-order chi connectivity index (χ0) is 15.3. The molecule has 0 aromatic heterocycles. The minimum atomic E-state index is -0.734. The van der Waals surface area contributed by atoms with Gasteiger partial charge in [-0.05, 0) is 44.4 Å². The van der Waals surface area contributed by atoms with Gasteiger partial charge in [0.15, 0.2) is 0 Å². The molecule has 0 radical (unpaired) electrons. The molecular weight excluding hydrogens is 268 g/mol. The van der Waals surface area contributed by atoms with Crippen LogP contribution in [0, 0.1) is 11.3 Å². The summed E-state index contributed by atoms with van der Waals surface area (Å²) in [4.78, 5) is 12.5. The van der Waals surface area contributed by atoms with Crippen molar-refractivity contribution in [2.75, 3.05) is 26.3 Å². The molecule has 1 saturated carbocycles. The lowest BCUT2D eigenvalue weighted by Crippen LogP contribution is -2.53. The molecule has 1 heterocycles. The van der Waals surface area contributed by atoms with E-state index in [-0.39, 0.29) is 5.91 Å². The molecule has 122 valence electrons. The number of rotatable bonds is 5. The van der Waals surface area contributed by atoms with Crippen LogP contribution in [0.15, 0.2) is 0 Å². The number of nitrogens with one attached hydrogen (secondary N) is 1. The maximum Gasteiger partial charge on any atom is 0.227 e. The third-order valence-corrected chi connectivity index (χ3v) is 5.51. The van der Waals surface area contributed by atoms with Gasteiger partial charge in [0.05, 0.1) is 11.0 Å². The number of ether oxygens (including phenoxy) is 1. The molecule has 0 aromatic carbocycles. The Kier molecular flexibility index (Phi) is 5.63. The van der Waals surface area contributed by atoms with E-state index in [2.05, 4.69) is 12.2 Å². The number of hydrogen-bond donors (Lipinski definition) is 3. The van der Waals surface area contributed by atoms with Crippen LogP contribution in [-0.4, -0.2) is 42.9 Å². The van der Waals surface area contributed by atoms with E-state index in [9.17, 15) is 9.90 Å². The van der Waals surface area contributed by atoms with Crippen LogP contribution < -0.4 is 11.1 Å². The topological polar surface area (TPSA) is 84.6 Å². The van der Waals surface area contributed by atoms with Gasteiger partial charge in [0.2, 0.25) is 5.91 Å². The van der Waals surface area contributed by atoms with Crippen LogP contribution in [-0.2, 0) is 9.53 Å². The van der Waals surface area contributed by atoms with Crippen LogP contribution in [0.1, 0.15) is 51.9 Å². The summed E-state index contributed by atoms with van der Waals surface area (Å²) in [6.45, 7) is 4.08. The number of carbonyl (C=O) groups excluding carboxylic acids is 1. The van der Waals surface area contributed by atoms with Crippen LogP contribution in [0.2, 0.25) is 0 Å². The molecule has 1 amide bonds. The number of amides is 1. The van der Waals surface area contributed by atoms with Crippen molar-refractivity contribution in [3.05, 3.63) is 0 Å². The first-order valence-corrected chi connectivity index (χ1v) is 8.32. The lowest BCUT2D eigenvalue weighted by atomic mass is 9.76. The van der Waals surface area contributed by atoms with Crippen LogP contribution in [0.25, 0.3) is 0 Å². The number of aliphatic hydroxyl groups is 1. The molecule has 0 spiro atoms. The normalized spacial score (nSPS) is 32.6. The molecule has 1 aliphatic carbocycles. The zero-order valence-corrected chi connectivity index (χ0v) is 13.2. The van der Waals surface area contributed by atoms with Crippen molar-refractivity contribution in [3.63, 3.8) is 0 Å². The molecule has 2 rings (SSSR count). The molecule has 0 unspecified atom stereocenters. The fourth-order valence-corrected chi connectivity index (χ4v) is 3.52. The van der Waals surface area contributed by atoms with Gasteiger partial charge in [-0.3, -0.25) is 4.79 Å². The predicted molar refractivity (Wildman–Crippen MR) is 81.7 cm³/mol. The summed E-state index contributed by atoms with van der Waals surface area (Å²) in [7, 11) is 0. The van der Waals surface area contributed by atoms with Crippen molar-refractivity contribution in [1.82, 2.24) is 5.32 Å². The maximum atomic E-state index is 12.5. The molecule has 0 atom stereocenters. The highest BCUT2D eigenvalue weighted by molar-refractivity contribution is 5.83. The van der Waals surface area contributed by atoms with E-state index in [1.807, 2.05) is 0 Å². The summed E-state index contributed by atoms with van der Waals surface area (Å²) in [5, 5.41) is 13.6. The van der Waals surface area contributed by atoms with Gasteiger partial charge in [-0.1, -0.05) is 13.3 Å². The Bertz CT molecular complexity index is 345. The number of nitrogens with two attached hydrogens (primary N) is 1. The fourth-order valence-electron chi connectivity index (χ4n) is 3.52. The minimum Gasteiger partial charge on any atom is -0.388 e. The first-order valence-electron chi connectivity index (χ1n) is 8.32. The molecule has 0 bridgehead atoms. The average Bonchev–Trinajstić information content (AvgIpc) is 2.54. The van der Waals surface area contributed by atoms with E-state index in [0.29, 0.717) is 39.1 Å². The predicted octanol–water partition coefficient (Wildman–Crippen LogP) is 1.19. The zero-order valence-electron chi connectivity index (χ0n) is 13.2. The van der Waals surface area contributed by atoms with Crippen molar-refractivity contribution >= 4 is 5.91 Å². The Hall–Kier alpha value is -0.650. The number of carbonyl (C=O) groups is 1. The smallest absolute Gasteiger partial charge is 0.227 e. The summed E-state index contributed by atoms with van der Waals surface area (Å²) in [6, 6.07) is 0. The lowest BCUT2D eigenvalue weighted by Gasteiger charge is -2.38. The van der Waals surface area contributed by atoms with E-state index < -0.39 is 11.0 Å². The van der Waals surface area contributed by atoms with Crippen molar-refractivity contribution in [1.29, 1.82) is 0 Å². The molecule has 2 aliphatic rings. The summed E-state index contributed by atoms with van der Waals surface area (Å²) in [5.41, 5.74) is 4.60. The lowest BCUT2D eigenvalue weighted by molar-refractivity contribution is -0.137. The molecule has 21 heavy (non-hydrogen) atoms. The van der Waals surface area contributed by atoms with Crippen LogP contribution in [0.5, 0.6) is 0 Å². The monoisotopic (exact) mass is 298 g/mol. The Morgan fingerprint density at radius 3 is 2.43 bits per heavy atom. The molecule has 0 aromatic rings. The third kappa shape index (κ3) is 3.96. The Morgan fingerprint density at radius 2 is 1.90 bits per heavy atom. The molecular formula is C16H30N2O3. The second-order valence-electron chi connectivity index (χ2n) is 6.86. The van der Waals surface area contributed by atoms with Crippen LogP contribution in [0.3, 0.4) is 0 Å². The Labute approximate surface area is 127 Å². The third-order valence-electron chi connectivity index (χ3n) is 5.51. The largest absolute Gasteiger partial charge is 0.388 e. The van der Waals surface area contributed by atoms with E-state index in [1.54, 1.807) is 0 Å². The van der Waals surface area contributed by atoms with Crippen LogP contribution >= 0.6 is 0 Å². The van der Waals surface area contributed by atoms with E-state index >= 15 is 0 Å². The molecule has 4 N–H and O–H groups in total. The van der Waals surface area contributed by atoms with Gasteiger partial charge in [0.1, 0.15) is 0 Å². The maximum absolute atomic E-state index is 12.5. The summed E-state index contributed by atoms with van der Waals surface area (Å²) < 4.78 is 5.33. The van der Waals surface area contributed by atoms with Gasteiger partial charge >= 0.3 is 0 Å². The Balaban J connectivity index is 1.85. The van der Waals surface area contributed by atoms with Crippen molar-refractivity contribution < 1.29 is 14.6 Å². The molecule has 1 saturated heterocycles. The number of hydrogen-bond acceptors (Lipinski definition) is 4. The fraction of sp³-hybridized carbons (Fsp3) is 0.938. The van der Waals surface area contributed by atoms with Gasteiger partial charge in [-0.15, -0.1) is 0 Å². The highest BCUT2D eigenvalue weighted by atomic mass is 16.5. The van der Waals surface area contributed by atoms with Crippen molar-refractivity contribution in [3.8, 4) is 0 Å². The Morgan fingerprint density at radius 1 is 1.29 bits per heavy atom. The van der Waals surface area contributed by atoms with E-state index in [4.69, 9.17) is 10.5 Å². The van der Waals surface area contributed by atoms with Crippen molar-refractivity contribution in [2.45, 2.75) is 57.5 Å². The first kappa shape index (κ1) is 16.7. The van der Waals surface area contributed by atoms with E-state index in [1.165, 1.54) is 6.42 Å². The average molecular weight is 298 g/mol. The second kappa shape index (κ2) is 7.07. The van der Waals surface area contributed by atoms with Gasteiger partial charge in [0.25, 0.3) is 0 Å².